The number of aromatic nitrogens is 2. The van der Waals surface area contributed by atoms with Crippen molar-refractivity contribution >= 4 is 5.97 Å². The van der Waals surface area contributed by atoms with Gasteiger partial charge in [-0.25, -0.2) is 9.59 Å². The average molecular weight is 198 g/mol. The number of nitrogens with one attached hydrogen (secondary N) is 1. The average Bonchev–Trinajstić information content (AvgIpc) is 2.09. The third-order valence-corrected chi connectivity index (χ3v) is 1.86. The van der Waals surface area contributed by atoms with E-state index in [1.165, 1.54) is 6.20 Å². The van der Waals surface area contributed by atoms with E-state index in [1.54, 1.807) is 6.92 Å². The maximum absolute atomic E-state index is 11.2. The van der Waals surface area contributed by atoms with Gasteiger partial charge in [0, 0.05) is 12.3 Å². The maximum atomic E-state index is 11.2. The van der Waals surface area contributed by atoms with Crippen molar-refractivity contribution in [1.29, 1.82) is 0 Å². The van der Waals surface area contributed by atoms with E-state index in [1.807, 2.05) is 4.98 Å². The lowest BCUT2D eigenvalue weighted by molar-refractivity contribution is -0.141. The normalized spacial score (nSPS) is 12.4. The van der Waals surface area contributed by atoms with Crippen LogP contribution in [0.2, 0.25) is 0 Å². The SMILES string of the molecule is CCC(C(=O)O)n1ccc(=O)[nH]c1=O. The van der Waals surface area contributed by atoms with Crippen LogP contribution in [0, 0.1) is 0 Å². The quantitative estimate of drug-likeness (QED) is 0.689. The Bertz CT molecular complexity index is 445. The second-order valence-corrected chi connectivity index (χ2v) is 2.78. The molecular weight excluding hydrogens is 188 g/mol. The molecule has 0 aromatic carbocycles. The van der Waals surface area contributed by atoms with Crippen molar-refractivity contribution in [1.82, 2.24) is 9.55 Å². The largest absolute Gasteiger partial charge is 0.480 e. The molecule has 0 spiro atoms. The number of rotatable bonds is 3. The molecule has 1 atom stereocenters. The molecule has 1 heterocycles. The first-order chi connectivity index (χ1) is 6.56. The van der Waals surface area contributed by atoms with Crippen LogP contribution in [0.4, 0.5) is 0 Å². The molecule has 1 aromatic heterocycles. The van der Waals surface area contributed by atoms with Crippen LogP contribution in [0.15, 0.2) is 21.9 Å². The summed E-state index contributed by atoms with van der Waals surface area (Å²) >= 11 is 0. The third-order valence-electron chi connectivity index (χ3n) is 1.86. The molecule has 14 heavy (non-hydrogen) atoms. The van der Waals surface area contributed by atoms with Crippen LogP contribution in [0.3, 0.4) is 0 Å². The second-order valence-electron chi connectivity index (χ2n) is 2.78. The summed E-state index contributed by atoms with van der Waals surface area (Å²) in [6, 6.07) is 0.187. The first-order valence-corrected chi connectivity index (χ1v) is 4.10. The molecule has 1 rings (SSSR count). The van der Waals surface area contributed by atoms with E-state index in [9.17, 15) is 14.4 Å². The predicted molar refractivity (Wildman–Crippen MR) is 48.3 cm³/mol. The van der Waals surface area contributed by atoms with E-state index < -0.39 is 23.3 Å². The molecule has 6 nitrogen and oxygen atoms in total. The van der Waals surface area contributed by atoms with Gasteiger partial charge >= 0.3 is 11.7 Å². The van der Waals surface area contributed by atoms with Crippen LogP contribution in [-0.2, 0) is 4.79 Å². The summed E-state index contributed by atoms with van der Waals surface area (Å²) in [7, 11) is 0. The maximum Gasteiger partial charge on any atom is 0.329 e. The van der Waals surface area contributed by atoms with Crippen molar-refractivity contribution in [3.05, 3.63) is 33.1 Å². The Morgan fingerprint density at radius 1 is 1.64 bits per heavy atom. The van der Waals surface area contributed by atoms with Crippen LogP contribution in [0.1, 0.15) is 19.4 Å². The number of hydrogen-bond donors (Lipinski definition) is 2. The van der Waals surface area contributed by atoms with Gasteiger partial charge in [-0.15, -0.1) is 0 Å². The molecule has 76 valence electrons. The number of nitrogens with zero attached hydrogens (tertiary/aromatic N) is 1. The first kappa shape index (κ1) is 10.2. The molecule has 0 aliphatic rings. The van der Waals surface area contributed by atoms with E-state index >= 15 is 0 Å². The lowest BCUT2D eigenvalue weighted by Gasteiger charge is -2.11. The number of aliphatic carboxylic acids is 1. The zero-order valence-electron chi connectivity index (χ0n) is 7.56. The fourth-order valence-electron chi connectivity index (χ4n) is 1.16. The highest BCUT2D eigenvalue weighted by atomic mass is 16.4. The van der Waals surface area contributed by atoms with Gasteiger partial charge in [-0.1, -0.05) is 6.92 Å². The highest BCUT2D eigenvalue weighted by Gasteiger charge is 2.17. The third kappa shape index (κ3) is 1.90. The molecule has 0 aliphatic carbocycles. The van der Waals surface area contributed by atoms with Crippen molar-refractivity contribution < 1.29 is 9.90 Å². The first-order valence-electron chi connectivity index (χ1n) is 4.10. The smallest absolute Gasteiger partial charge is 0.329 e. The molecule has 0 saturated heterocycles. The number of hydrogen-bond acceptors (Lipinski definition) is 3. The van der Waals surface area contributed by atoms with Gasteiger partial charge in [0.1, 0.15) is 6.04 Å². The van der Waals surface area contributed by atoms with Gasteiger partial charge in [-0.2, -0.15) is 0 Å². The fourth-order valence-corrected chi connectivity index (χ4v) is 1.16. The minimum Gasteiger partial charge on any atom is -0.480 e. The molecular formula is C8H10N2O4. The van der Waals surface area contributed by atoms with Crippen molar-refractivity contribution in [3.8, 4) is 0 Å². The molecule has 1 unspecified atom stereocenters. The lowest BCUT2D eigenvalue weighted by atomic mass is 10.2. The Morgan fingerprint density at radius 2 is 2.29 bits per heavy atom. The minimum atomic E-state index is -1.10. The Labute approximate surface area is 78.8 Å². The number of carbonyl (C=O) groups is 1. The molecule has 0 aliphatic heterocycles. The summed E-state index contributed by atoms with van der Waals surface area (Å²) in [6.07, 6.45) is 1.46. The summed E-state index contributed by atoms with van der Waals surface area (Å²) in [5.41, 5.74) is -1.24. The molecule has 0 fully saturated rings. The van der Waals surface area contributed by atoms with Crippen molar-refractivity contribution in [2.75, 3.05) is 0 Å². The van der Waals surface area contributed by atoms with Gasteiger partial charge in [0.25, 0.3) is 5.56 Å². The monoisotopic (exact) mass is 198 g/mol. The Hall–Kier alpha value is -1.85. The molecule has 6 heteroatoms. The van der Waals surface area contributed by atoms with Crippen molar-refractivity contribution in [3.63, 3.8) is 0 Å². The molecule has 0 amide bonds. The summed E-state index contributed by atoms with van der Waals surface area (Å²) in [6.45, 7) is 1.65. The van der Waals surface area contributed by atoms with Gasteiger partial charge in [0.05, 0.1) is 0 Å². The van der Waals surface area contributed by atoms with E-state index in [-0.39, 0.29) is 6.42 Å². The van der Waals surface area contributed by atoms with E-state index in [0.29, 0.717) is 0 Å². The van der Waals surface area contributed by atoms with Crippen molar-refractivity contribution in [2.45, 2.75) is 19.4 Å². The van der Waals surface area contributed by atoms with Crippen LogP contribution in [-0.4, -0.2) is 20.6 Å². The molecule has 0 bridgehead atoms. The number of carboxylic acids is 1. The Balaban J connectivity index is 3.24. The fraction of sp³-hybridized carbons (Fsp3) is 0.375. The van der Waals surface area contributed by atoms with Crippen molar-refractivity contribution in [2.24, 2.45) is 0 Å². The zero-order valence-corrected chi connectivity index (χ0v) is 7.56. The van der Waals surface area contributed by atoms with E-state index in [4.69, 9.17) is 5.11 Å². The highest BCUT2D eigenvalue weighted by Crippen LogP contribution is 2.06. The summed E-state index contributed by atoms with van der Waals surface area (Å²) in [5.74, 6) is -1.10. The standard InChI is InChI=1S/C8H10N2O4/c1-2-5(7(12)13)10-4-3-6(11)9-8(10)14/h3-5H,2H2,1H3,(H,12,13)(H,9,11,14). The number of H-pyrrole nitrogens is 1. The van der Waals surface area contributed by atoms with Gasteiger partial charge < -0.3 is 5.11 Å². The van der Waals surface area contributed by atoms with Gasteiger partial charge in [0.15, 0.2) is 0 Å². The van der Waals surface area contributed by atoms with Crippen LogP contribution in [0.25, 0.3) is 0 Å². The summed E-state index contributed by atoms with van der Waals surface area (Å²) in [5, 5.41) is 8.77. The van der Waals surface area contributed by atoms with Crippen LogP contribution < -0.4 is 11.2 Å². The Morgan fingerprint density at radius 3 is 2.71 bits per heavy atom. The number of carboxylic acid groups (broad SMARTS) is 1. The van der Waals surface area contributed by atoms with Gasteiger partial charge in [-0.3, -0.25) is 14.3 Å². The number of aromatic amines is 1. The molecule has 1 aromatic rings. The molecule has 2 N–H and O–H groups in total. The predicted octanol–water partition coefficient (Wildman–Crippen LogP) is -0.428. The molecule has 0 saturated carbocycles. The zero-order chi connectivity index (χ0) is 10.7. The molecule has 0 radical (unpaired) electrons. The Kier molecular flexibility index (Phi) is 2.85. The minimum absolute atomic E-state index is 0.279. The van der Waals surface area contributed by atoms with Gasteiger partial charge in [-0.05, 0) is 6.42 Å². The summed E-state index contributed by atoms with van der Waals surface area (Å²) < 4.78 is 0.990. The van der Waals surface area contributed by atoms with Crippen LogP contribution in [0.5, 0.6) is 0 Å². The topological polar surface area (TPSA) is 92.2 Å². The van der Waals surface area contributed by atoms with Crippen LogP contribution >= 0.6 is 0 Å². The lowest BCUT2D eigenvalue weighted by Crippen LogP contribution is -2.34. The van der Waals surface area contributed by atoms with Gasteiger partial charge in [0.2, 0.25) is 0 Å². The van der Waals surface area contributed by atoms with E-state index in [2.05, 4.69) is 0 Å². The highest BCUT2D eigenvalue weighted by molar-refractivity contribution is 5.71. The summed E-state index contributed by atoms with van der Waals surface area (Å²) in [4.78, 5) is 34.6. The second kappa shape index (κ2) is 3.91. The van der Waals surface area contributed by atoms with E-state index in [0.717, 1.165) is 10.6 Å².